The summed E-state index contributed by atoms with van der Waals surface area (Å²) in [6.45, 7) is 0.895. The van der Waals surface area contributed by atoms with Crippen LogP contribution in [0.15, 0.2) is 91.0 Å². The minimum Gasteiger partial charge on any atom is -0.482 e. The smallest absolute Gasteiger partial charge is 0.482 e. The van der Waals surface area contributed by atoms with Crippen LogP contribution in [0.2, 0.25) is 0 Å². The molecule has 1 aliphatic carbocycles. The summed E-state index contributed by atoms with van der Waals surface area (Å²) in [6, 6.07) is 26.6. The number of rotatable bonds is 10. The summed E-state index contributed by atoms with van der Waals surface area (Å²) in [5, 5.41) is 15.6. The van der Waals surface area contributed by atoms with Crippen molar-refractivity contribution in [1.29, 1.82) is 0 Å². The molecule has 0 bridgehead atoms. The number of carboxylic acids is 1. The average molecular weight is 718 g/mol. The zero-order valence-electron chi connectivity index (χ0n) is 27.5. The number of hydrogen-bond acceptors (Lipinski definition) is 7. The third-order valence-corrected chi connectivity index (χ3v) is 7.97. The van der Waals surface area contributed by atoms with Gasteiger partial charge in [0.1, 0.15) is 5.75 Å². The molecule has 15 heteroatoms. The van der Waals surface area contributed by atoms with Crippen LogP contribution in [0.25, 0.3) is 0 Å². The van der Waals surface area contributed by atoms with Crippen molar-refractivity contribution in [2.24, 2.45) is 5.73 Å². The Morgan fingerprint density at radius 2 is 1.31 bits per heavy atom. The van der Waals surface area contributed by atoms with E-state index in [0.717, 1.165) is 30.4 Å². The molecule has 1 saturated carbocycles. The predicted molar refractivity (Wildman–Crippen MR) is 185 cm³/mol. The van der Waals surface area contributed by atoms with Gasteiger partial charge in [0, 0.05) is 40.7 Å². The number of carbonyl (C=O) groups is 5. The van der Waals surface area contributed by atoms with Crippen LogP contribution in [0.1, 0.15) is 55.0 Å². The van der Waals surface area contributed by atoms with Crippen molar-refractivity contribution >= 4 is 46.7 Å². The van der Waals surface area contributed by atoms with Crippen molar-refractivity contribution in [3.63, 3.8) is 0 Å². The molecule has 4 aromatic carbocycles. The number of amides is 4. The Labute approximate surface area is 295 Å². The Morgan fingerprint density at radius 1 is 0.808 bits per heavy atom. The molecule has 4 aromatic rings. The van der Waals surface area contributed by atoms with Gasteiger partial charge in [0.2, 0.25) is 0 Å². The number of carboxylic acid groups (broad SMARTS) is 1. The summed E-state index contributed by atoms with van der Waals surface area (Å²) in [7, 11) is 0. The van der Waals surface area contributed by atoms with E-state index in [2.05, 4.69) is 16.0 Å². The maximum atomic E-state index is 13.4. The van der Waals surface area contributed by atoms with E-state index in [4.69, 9.17) is 20.4 Å². The van der Waals surface area contributed by atoms with E-state index < -0.39 is 12.1 Å². The second kappa shape index (κ2) is 16.2. The van der Waals surface area contributed by atoms with E-state index in [-0.39, 0.29) is 36.3 Å². The Kier molecular flexibility index (Phi) is 11.5. The van der Waals surface area contributed by atoms with E-state index in [9.17, 15) is 32.3 Å². The van der Waals surface area contributed by atoms with Gasteiger partial charge < -0.3 is 36.4 Å². The van der Waals surface area contributed by atoms with E-state index in [0.29, 0.717) is 52.6 Å². The molecule has 0 saturated heterocycles. The van der Waals surface area contributed by atoms with Gasteiger partial charge in [0.05, 0.1) is 5.69 Å². The fourth-order valence-corrected chi connectivity index (χ4v) is 5.12. The lowest BCUT2D eigenvalue weighted by molar-refractivity contribution is -0.192. The molecule has 0 unspecified atom stereocenters. The van der Waals surface area contributed by atoms with Crippen LogP contribution >= 0.6 is 0 Å². The second-order valence-corrected chi connectivity index (χ2v) is 11.9. The fourth-order valence-electron chi connectivity index (χ4n) is 5.12. The predicted octanol–water partition coefficient (Wildman–Crippen LogP) is 5.46. The van der Waals surface area contributed by atoms with Crippen LogP contribution in [0.4, 0.5) is 30.2 Å². The number of nitrogens with one attached hydrogen (secondary N) is 3. The Bertz CT molecular complexity index is 1950. The molecule has 52 heavy (non-hydrogen) atoms. The molecule has 2 aliphatic rings. The maximum absolute atomic E-state index is 13.4. The molecular weight excluding hydrogens is 683 g/mol. The molecule has 1 heterocycles. The lowest BCUT2D eigenvalue weighted by atomic mass is 10.1. The molecule has 4 amide bonds. The Hall–Kier alpha value is -6.22. The molecule has 12 nitrogen and oxygen atoms in total. The van der Waals surface area contributed by atoms with E-state index in [1.165, 1.54) is 0 Å². The zero-order chi connectivity index (χ0) is 37.4. The third-order valence-electron chi connectivity index (χ3n) is 7.97. The highest BCUT2D eigenvalue weighted by molar-refractivity contribution is 6.06. The fraction of sp³-hybridized carbons (Fsp3) is 0.216. The minimum atomic E-state index is -5.08. The van der Waals surface area contributed by atoms with Gasteiger partial charge in [-0.3, -0.25) is 19.2 Å². The number of nitrogens with two attached hydrogens (primary N) is 1. The SMILES string of the molecule is NCCc1ccc(NC(=O)c2ccc(NC(=O)c3ccc(CN(C(=O)c4ccc5c(c4)OCC(=O)N5)C4CC4)cc3)cc2)cc1.O=C(O)C(F)(F)F. The van der Waals surface area contributed by atoms with Crippen LogP contribution in [-0.4, -0.2) is 65.0 Å². The molecule has 0 radical (unpaired) electrons. The highest BCUT2D eigenvalue weighted by atomic mass is 19.4. The van der Waals surface area contributed by atoms with E-state index in [1.54, 1.807) is 54.6 Å². The summed E-state index contributed by atoms with van der Waals surface area (Å²) < 4.78 is 37.2. The van der Waals surface area contributed by atoms with Crippen molar-refractivity contribution in [3.05, 3.63) is 119 Å². The largest absolute Gasteiger partial charge is 0.490 e. The molecule has 1 aliphatic heterocycles. The Morgan fingerprint density at radius 3 is 1.83 bits per heavy atom. The first-order valence-electron chi connectivity index (χ1n) is 16.1. The third kappa shape index (κ3) is 9.94. The number of alkyl halides is 3. The highest BCUT2D eigenvalue weighted by Gasteiger charge is 2.38. The second-order valence-electron chi connectivity index (χ2n) is 11.9. The van der Waals surface area contributed by atoms with Crippen molar-refractivity contribution in [2.45, 2.75) is 38.0 Å². The molecule has 6 rings (SSSR count). The van der Waals surface area contributed by atoms with Gasteiger partial charge in [-0.15, -0.1) is 0 Å². The Balaban J connectivity index is 0.000000679. The summed E-state index contributed by atoms with van der Waals surface area (Å²) in [5.41, 5.74) is 10.8. The van der Waals surface area contributed by atoms with Gasteiger partial charge in [-0.1, -0.05) is 24.3 Å². The number of anilines is 3. The van der Waals surface area contributed by atoms with Gasteiger partial charge >= 0.3 is 12.1 Å². The summed E-state index contributed by atoms with van der Waals surface area (Å²) in [6.07, 6.45) is -2.43. The summed E-state index contributed by atoms with van der Waals surface area (Å²) in [4.78, 5) is 61.3. The number of aliphatic carboxylic acids is 1. The molecule has 0 atom stereocenters. The van der Waals surface area contributed by atoms with Gasteiger partial charge in [0.25, 0.3) is 23.6 Å². The summed E-state index contributed by atoms with van der Waals surface area (Å²) in [5.74, 6) is -3.14. The number of benzene rings is 4. The molecule has 0 aromatic heterocycles. The van der Waals surface area contributed by atoms with Crippen molar-refractivity contribution < 1.29 is 47.0 Å². The van der Waals surface area contributed by atoms with Crippen LogP contribution in [0, 0.1) is 0 Å². The molecular formula is C37H34F3N5O7. The highest BCUT2D eigenvalue weighted by Crippen LogP contribution is 2.33. The lowest BCUT2D eigenvalue weighted by Gasteiger charge is -2.24. The molecule has 0 spiro atoms. The van der Waals surface area contributed by atoms with Crippen molar-refractivity contribution in [2.75, 3.05) is 29.1 Å². The number of fused-ring (bicyclic) bond motifs is 1. The van der Waals surface area contributed by atoms with E-state index in [1.807, 2.05) is 41.3 Å². The number of ether oxygens (including phenoxy) is 1. The van der Waals surface area contributed by atoms with Gasteiger partial charge in [-0.2, -0.15) is 13.2 Å². The maximum Gasteiger partial charge on any atom is 0.490 e. The standard InChI is InChI=1S/C35H33N5O5.C2HF3O2/c36-18-17-22-3-10-27(11-4-22)37-34(43)25-7-12-28(13-8-25)38-33(42)24-5-1-23(2-6-24)20-40(29-14-15-29)35(44)26-9-16-30-31(19-26)45-21-32(41)39-30;3-2(4,5)1(6)7/h1-13,16,19,29H,14-15,17-18,20-21,36H2,(H,37,43)(H,38,42)(H,39,41);(H,6,7). The summed E-state index contributed by atoms with van der Waals surface area (Å²) >= 11 is 0. The zero-order valence-corrected chi connectivity index (χ0v) is 27.5. The lowest BCUT2D eigenvalue weighted by Crippen LogP contribution is -2.33. The first-order valence-corrected chi connectivity index (χ1v) is 16.1. The van der Waals surface area contributed by atoms with Gasteiger partial charge in [-0.05, 0) is 104 Å². The van der Waals surface area contributed by atoms with E-state index >= 15 is 0 Å². The normalized spacial score (nSPS) is 13.3. The van der Waals surface area contributed by atoms with Crippen LogP contribution < -0.4 is 26.4 Å². The minimum absolute atomic E-state index is 0.0781. The van der Waals surface area contributed by atoms with Crippen LogP contribution in [0.5, 0.6) is 5.75 Å². The number of hydrogen-bond donors (Lipinski definition) is 5. The number of carbonyl (C=O) groups excluding carboxylic acids is 4. The topological polar surface area (TPSA) is 180 Å². The van der Waals surface area contributed by atoms with Crippen molar-refractivity contribution in [3.8, 4) is 5.75 Å². The molecule has 6 N–H and O–H groups in total. The van der Waals surface area contributed by atoms with Crippen LogP contribution in [-0.2, 0) is 22.6 Å². The first-order chi connectivity index (χ1) is 24.8. The monoisotopic (exact) mass is 717 g/mol. The van der Waals surface area contributed by atoms with Crippen LogP contribution in [0.3, 0.4) is 0 Å². The average Bonchev–Trinajstić information content (AvgIpc) is 3.97. The number of nitrogens with zero attached hydrogens (tertiary/aromatic N) is 1. The molecule has 1 fully saturated rings. The van der Waals surface area contributed by atoms with Crippen molar-refractivity contribution in [1.82, 2.24) is 4.90 Å². The first kappa shape index (κ1) is 37.0. The number of halogens is 3. The molecule has 270 valence electrons. The van der Waals surface area contributed by atoms with Gasteiger partial charge in [0.15, 0.2) is 6.61 Å². The van der Waals surface area contributed by atoms with Gasteiger partial charge in [-0.25, -0.2) is 4.79 Å². The quantitative estimate of drug-likeness (QED) is 0.143.